The van der Waals surface area contributed by atoms with Gasteiger partial charge in [-0.05, 0) is 31.5 Å². The number of likely N-dealkylation sites (tertiary alicyclic amines) is 1. The normalized spacial score (nSPS) is 24.6. The molecule has 112 valence electrons. The molecule has 1 aromatic rings. The standard InChI is InChI=1S/C16H21N3O2/c1-17-10-11-5-4-8-19(11)16(21)13-9-15(20)18-14-7-3-2-6-12(13)14/h2-3,6-7,11,13,17H,4-5,8-10H2,1H3,(H,18,20). The van der Waals surface area contributed by atoms with Crippen molar-refractivity contribution >= 4 is 17.5 Å². The molecule has 2 amide bonds. The summed E-state index contributed by atoms with van der Waals surface area (Å²) in [7, 11) is 1.91. The van der Waals surface area contributed by atoms with Gasteiger partial charge in [-0.1, -0.05) is 18.2 Å². The molecule has 1 saturated heterocycles. The second kappa shape index (κ2) is 5.85. The van der Waals surface area contributed by atoms with E-state index in [2.05, 4.69) is 10.6 Å². The smallest absolute Gasteiger partial charge is 0.231 e. The van der Waals surface area contributed by atoms with Crippen molar-refractivity contribution in [1.82, 2.24) is 10.2 Å². The van der Waals surface area contributed by atoms with Crippen molar-refractivity contribution in [1.29, 1.82) is 0 Å². The molecule has 2 aliphatic rings. The average Bonchev–Trinajstić information content (AvgIpc) is 2.94. The second-order valence-electron chi connectivity index (χ2n) is 5.78. The Morgan fingerprint density at radius 2 is 2.24 bits per heavy atom. The van der Waals surface area contributed by atoms with E-state index in [9.17, 15) is 9.59 Å². The molecule has 2 unspecified atom stereocenters. The van der Waals surface area contributed by atoms with Crippen LogP contribution >= 0.6 is 0 Å². The Balaban J connectivity index is 1.86. The number of nitrogens with zero attached hydrogens (tertiary/aromatic N) is 1. The molecule has 2 N–H and O–H groups in total. The molecule has 0 radical (unpaired) electrons. The minimum Gasteiger partial charge on any atom is -0.338 e. The van der Waals surface area contributed by atoms with Crippen molar-refractivity contribution in [3.8, 4) is 0 Å². The number of carbonyl (C=O) groups excluding carboxylic acids is 2. The Kier molecular flexibility index (Phi) is 3.92. The first-order chi connectivity index (χ1) is 10.2. The monoisotopic (exact) mass is 287 g/mol. The van der Waals surface area contributed by atoms with Gasteiger partial charge in [0.05, 0.1) is 5.92 Å². The fourth-order valence-electron chi connectivity index (χ4n) is 3.41. The van der Waals surface area contributed by atoms with Gasteiger partial charge >= 0.3 is 0 Å². The van der Waals surface area contributed by atoms with Crippen molar-refractivity contribution < 1.29 is 9.59 Å². The van der Waals surface area contributed by atoms with Gasteiger partial charge in [-0.3, -0.25) is 9.59 Å². The Morgan fingerprint density at radius 3 is 3.05 bits per heavy atom. The number of amides is 2. The lowest BCUT2D eigenvalue weighted by molar-refractivity contribution is -0.135. The molecule has 1 fully saturated rings. The molecule has 2 heterocycles. The van der Waals surface area contributed by atoms with E-state index in [1.807, 2.05) is 36.2 Å². The zero-order valence-electron chi connectivity index (χ0n) is 12.3. The number of benzene rings is 1. The largest absolute Gasteiger partial charge is 0.338 e. The molecule has 0 aliphatic carbocycles. The van der Waals surface area contributed by atoms with Crippen molar-refractivity contribution in [2.75, 3.05) is 25.5 Å². The molecule has 21 heavy (non-hydrogen) atoms. The van der Waals surface area contributed by atoms with Crippen LogP contribution in [0.3, 0.4) is 0 Å². The molecule has 5 heteroatoms. The zero-order chi connectivity index (χ0) is 14.8. The number of fused-ring (bicyclic) bond motifs is 1. The van der Waals surface area contributed by atoms with Crippen LogP contribution in [-0.2, 0) is 9.59 Å². The van der Waals surface area contributed by atoms with E-state index in [4.69, 9.17) is 0 Å². The summed E-state index contributed by atoms with van der Waals surface area (Å²) in [6, 6.07) is 7.86. The van der Waals surface area contributed by atoms with Crippen LogP contribution in [0, 0.1) is 0 Å². The Bertz CT molecular complexity index is 558. The third-order valence-corrected chi connectivity index (χ3v) is 4.40. The van der Waals surface area contributed by atoms with E-state index in [-0.39, 0.29) is 30.2 Å². The average molecular weight is 287 g/mol. The molecule has 1 aromatic carbocycles. The minimum atomic E-state index is -0.340. The summed E-state index contributed by atoms with van der Waals surface area (Å²) < 4.78 is 0. The van der Waals surface area contributed by atoms with E-state index >= 15 is 0 Å². The molecule has 0 saturated carbocycles. The van der Waals surface area contributed by atoms with Crippen molar-refractivity contribution in [2.24, 2.45) is 0 Å². The molecular formula is C16H21N3O2. The van der Waals surface area contributed by atoms with Crippen LogP contribution in [0.1, 0.15) is 30.7 Å². The van der Waals surface area contributed by atoms with Crippen molar-refractivity contribution in [2.45, 2.75) is 31.2 Å². The third kappa shape index (κ3) is 2.65. The lowest BCUT2D eigenvalue weighted by atomic mass is 9.89. The lowest BCUT2D eigenvalue weighted by Gasteiger charge is -2.31. The third-order valence-electron chi connectivity index (χ3n) is 4.40. The molecule has 2 atom stereocenters. The first-order valence-corrected chi connectivity index (χ1v) is 7.54. The van der Waals surface area contributed by atoms with E-state index in [0.717, 1.165) is 37.2 Å². The molecule has 5 nitrogen and oxygen atoms in total. The maximum atomic E-state index is 12.9. The summed E-state index contributed by atoms with van der Waals surface area (Å²) in [5.41, 5.74) is 1.72. The van der Waals surface area contributed by atoms with Crippen LogP contribution in [-0.4, -0.2) is 42.9 Å². The highest BCUT2D eigenvalue weighted by Gasteiger charge is 2.37. The number of nitrogens with one attached hydrogen (secondary N) is 2. The zero-order valence-corrected chi connectivity index (χ0v) is 12.3. The van der Waals surface area contributed by atoms with Crippen LogP contribution in [0.15, 0.2) is 24.3 Å². The summed E-state index contributed by atoms with van der Waals surface area (Å²) >= 11 is 0. The fraction of sp³-hybridized carbons (Fsp3) is 0.500. The van der Waals surface area contributed by atoms with Gasteiger partial charge in [0.1, 0.15) is 0 Å². The van der Waals surface area contributed by atoms with E-state index < -0.39 is 0 Å². The number of likely N-dealkylation sites (N-methyl/N-ethyl adjacent to an activating group) is 1. The number of hydrogen-bond acceptors (Lipinski definition) is 3. The van der Waals surface area contributed by atoms with Crippen LogP contribution in [0.25, 0.3) is 0 Å². The number of carbonyl (C=O) groups is 2. The summed E-state index contributed by atoms with van der Waals surface area (Å²) in [6.45, 7) is 1.61. The molecule has 3 rings (SSSR count). The van der Waals surface area contributed by atoms with Crippen LogP contribution < -0.4 is 10.6 Å². The second-order valence-corrected chi connectivity index (χ2v) is 5.78. The highest BCUT2D eigenvalue weighted by molar-refractivity contribution is 6.01. The lowest BCUT2D eigenvalue weighted by Crippen LogP contribution is -2.44. The number of para-hydroxylation sites is 1. The Morgan fingerprint density at radius 1 is 1.43 bits per heavy atom. The predicted octanol–water partition coefficient (Wildman–Crippen LogP) is 1.32. The summed E-state index contributed by atoms with van der Waals surface area (Å²) in [4.78, 5) is 26.7. The highest BCUT2D eigenvalue weighted by atomic mass is 16.2. The molecule has 0 aromatic heterocycles. The minimum absolute atomic E-state index is 0.0728. The summed E-state index contributed by atoms with van der Waals surface area (Å²) in [5.74, 6) is -0.320. The maximum absolute atomic E-state index is 12.9. The van der Waals surface area contributed by atoms with Gasteiger partial charge in [0.15, 0.2) is 0 Å². The first-order valence-electron chi connectivity index (χ1n) is 7.54. The van der Waals surface area contributed by atoms with Gasteiger partial charge in [0, 0.05) is 31.2 Å². The molecular weight excluding hydrogens is 266 g/mol. The quantitative estimate of drug-likeness (QED) is 0.881. The summed E-state index contributed by atoms with van der Waals surface area (Å²) in [6.07, 6.45) is 2.32. The van der Waals surface area contributed by atoms with Crippen LogP contribution in [0.4, 0.5) is 5.69 Å². The van der Waals surface area contributed by atoms with Gasteiger partial charge in [-0.15, -0.1) is 0 Å². The van der Waals surface area contributed by atoms with Crippen LogP contribution in [0.2, 0.25) is 0 Å². The van der Waals surface area contributed by atoms with Gasteiger partial charge in [0.25, 0.3) is 0 Å². The van der Waals surface area contributed by atoms with Gasteiger partial charge in [-0.25, -0.2) is 0 Å². The van der Waals surface area contributed by atoms with E-state index in [1.54, 1.807) is 0 Å². The van der Waals surface area contributed by atoms with Gasteiger partial charge in [-0.2, -0.15) is 0 Å². The topological polar surface area (TPSA) is 61.4 Å². The van der Waals surface area contributed by atoms with Gasteiger partial charge in [0.2, 0.25) is 11.8 Å². The Hall–Kier alpha value is -1.88. The Labute approximate surface area is 124 Å². The van der Waals surface area contributed by atoms with Gasteiger partial charge < -0.3 is 15.5 Å². The number of hydrogen-bond donors (Lipinski definition) is 2. The maximum Gasteiger partial charge on any atom is 0.231 e. The molecule has 2 aliphatic heterocycles. The predicted molar refractivity (Wildman–Crippen MR) is 81.1 cm³/mol. The van der Waals surface area contributed by atoms with E-state index in [1.165, 1.54) is 0 Å². The van der Waals surface area contributed by atoms with Crippen molar-refractivity contribution in [3.05, 3.63) is 29.8 Å². The van der Waals surface area contributed by atoms with E-state index in [0.29, 0.717) is 0 Å². The number of rotatable bonds is 3. The van der Waals surface area contributed by atoms with Crippen LogP contribution in [0.5, 0.6) is 0 Å². The SMILES string of the molecule is CNCC1CCCN1C(=O)C1CC(=O)Nc2ccccc21. The fourth-order valence-corrected chi connectivity index (χ4v) is 3.41. The first kappa shape index (κ1) is 14.1. The highest BCUT2D eigenvalue weighted by Crippen LogP contribution is 2.34. The summed E-state index contributed by atoms with van der Waals surface area (Å²) in [5, 5.41) is 6.00. The number of anilines is 1. The molecule has 0 spiro atoms. The molecule has 0 bridgehead atoms. The van der Waals surface area contributed by atoms with Crippen molar-refractivity contribution in [3.63, 3.8) is 0 Å².